The Morgan fingerprint density at radius 2 is 2.31 bits per heavy atom. The summed E-state index contributed by atoms with van der Waals surface area (Å²) < 4.78 is 5.78. The lowest BCUT2D eigenvalue weighted by molar-refractivity contribution is 0.253. The lowest BCUT2D eigenvalue weighted by Crippen LogP contribution is -2.36. The van der Waals surface area contributed by atoms with Crippen molar-refractivity contribution < 1.29 is 4.74 Å². The Balaban J connectivity index is 1.84. The summed E-state index contributed by atoms with van der Waals surface area (Å²) in [6.45, 7) is 2.70. The minimum absolute atomic E-state index is 0.176. The largest absolute Gasteiger partial charge is 0.492 e. The Morgan fingerprint density at radius 1 is 1.50 bits per heavy atom. The molecule has 1 heterocycles. The van der Waals surface area contributed by atoms with Crippen molar-refractivity contribution in [3.05, 3.63) is 29.8 Å². The van der Waals surface area contributed by atoms with E-state index in [0.717, 1.165) is 5.75 Å². The molecule has 0 aliphatic carbocycles. The normalized spacial score (nSPS) is 22.0. The zero-order valence-corrected chi connectivity index (χ0v) is 10.5. The standard InChI is InChI=1S/C13H19NOS/c1-10-4-2-3-5-13(10)15-8-12(14)11-6-7-16-9-11/h2-5,11-12H,6-9,14H2,1H3. The Hall–Kier alpha value is -0.670. The molecule has 3 heteroatoms. The minimum Gasteiger partial charge on any atom is -0.492 e. The molecule has 0 bridgehead atoms. The molecular weight excluding hydrogens is 218 g/mol. The molecule has 1 aliphatic rings. The summed E-state index contributed by atoms with van der Waals surface area (Å²) in [7, 11) is 0. The Labute approximate surface area is 102 Å². The van der Waals surface area contributed by atoms with E-state index >= 15 is 0 Å². The predicted octanol–water partition coefficient (Wildman–Crippen LogP) is 2.45. The highest BCUT2D eigenvalue weighted by Gasteiger charge is 2.22. The first-order valence-corrected chi connectivity index (χ1v) is 6.94. The van der Waals surface area contributed by atoms with Crippen LogP contribution in [0.15, 0.2) is 24.3 Å². The first-order valence-electron chi connectivity index (χ1n) is 5.79. The molecule has 1 saturated heterocycles. The highest BCUT2D eigenvalue weighted by atomic mass is 32.2. The SMILES string of the molecule is Cc1ccccc1OCC(N)C1CCSC1. The first-order chi connectivity index (χ1) is 7.77. The van der Waals surface area contributed by atoms with Gasteiger partial charge < -0.3 is 10.5 Å². The average molecular weight is 237 g/mol. The maximum absolute atomic E-state index is 6.14. The van der Waals surface area contributed by atoms with Gasteiger partial charge in [0.1, 0.15) is 12.4 Å². The van der Waals surface area contributed by atoms with E-state index < -0.39 is 0 Å². The molecule has 2 nitrogen and oxygen atoms in total. The average Bonchev–Trinajstić information content (AvgIpc) is 2.81. The van der Waals surface area contributed by atoms with E-state index in [1.54, 1.807) is 0 Å². The van der Waals surface area contributed by atoms with E-state index in [1.165, 1.54) is 23.5 Å². The van der Waals surface area contributed by atoms with Crippen LogP contribution in [0.4, 0.5) is 0 Å². The van der Waals surface area contributed by atoms with Crippen LogP contribution in [0.3, 0.4) is 0 Å². The van der Waals surface area contributed by atoms with Gasteiger partial charge in [0, 0.05) is 6.04 Å². The lowest BCUT2D eigenvalue weighted by atomic mass is 10.0. The second-order valence-corrected chi connectivity index (χ2v) is 5.51. The van der Waals surface area contributed by atoms with Crippen LogP contribution >= 0.6 is 11.8 Å². The van der Waals surface area contributed by atoms with Gasteiger partial charge in [-0.3, -0.25) is 0 Å². The van der Waals surface area contributed by atoms with Crippen molar-refractivity contribution in [3.63, 3.8) is 0 Å². The van der Waals surface area contributed by atoms with Crippen molar-refractivity contribution in [2.75, 3.05) is 18.1 Å². The third kappa shape index (κ3) is 2.92. The van der Waals surface area contributed by atoms with Crippen LogP contribution in [-0.2, 0) is 0 Å². The second kappa shape index (κ2) is 5.60. The lowest BCUT2D eigenvalue weighted by Gasteiger charge is -2.19. The molecule has 1 aliphatic heterocycles. The molecule has 2 unspecified atom stereocenters. The van der Waals surface area contributed by atoms with Crippen LogP contribution in [0.25, 0.3) is 0 Å². The molecule has 0 radical (unpaired) electrons. The van der Waals surface area contributed by atoms with Crippen molar-refractivity contribution in [1.29, 1.82) is 0 Å². The number of para-hydroxylation sites is 1. The molecule has 2 rings (SSSR count). The number of ether oxygens (including phenoxy) is 1. The van der Waals surface area contributed by atoms with Crippen molar-refractivity contribution in [2.24, 2.45) is 11.7 Å². The van der Waals surface area contributed by atoms with E-state index in [9.17, 15) is 0 Å². The quantitative estimate of drug-likeness (QED) is 0.873. The van der Waals surface area contributed by atoms with E-state index in [2.05, 4.69) is 13.0 Å². The molecule has 0 spiro atoms. The highest BCUT2D eigenvalue weighted by Crippen LogP contribution is 2.26. The molecule has 0 saturated carbocycles. The van der Waals surface area contributed by atoms with Crippen molar-refractivity contribution >= 4 is 11.8 Å². The third-order valence-corrected chi connectivity index (χ3v) is 4.28. The summed E-state index contributed by atoms with van der Waals surface area (Å²) in [4.78, 5) is 0. The summed E-state index contributed by atoms with van der Waals surface area (Å²) in [5.74, 6) is 4.04. The summed E-state index contributed by atoms with van der Waals surface area (Å²) >= 11 is 2.00. The van der Waals surface area contributed by atoms with Gasteiger partial charge in [-0.15, -0.1) is 0 Å². The summed E-state index contributed by atoms with van der Waals surface area (Å²) in [5, 5.41) is 0. The van der Waals surface area contributed by atoms with E-state index in [-0.39, 0.29) is 6.04 Å². The van der Waals surface area contributed by atoms with Crippen LogP contribution in [0, 0.1) is 12.8 Å². The topological polar surface area (TPSA) is 35.2 Å². The smallest absolute Gasteiger partial charge is 0.122 e. The molecule has 88 valence electrons. The van der Waals surface area contributed by atoms with E-state index in [1.807, 2.05) is 30.0 Å². The third-order valence-electron chi connectivity index (χ3n) is 3.10. The highest BCUT2D eigenvalue weighted by molar-refractivity contribution is 7.99. The van der Waals surface area contributed by atoms with Crippen LogP contribution in [0.2, 0.25) is 0 Å². The Kier molecular flexibility index (Phi) is 4.13. The zero-order chi connectivity index (χ0) is 11.4. The second-order valence-electron chi connectivity index (χ2n) is 4.36. The van der Waals surface area contributed by atoms with Gasteiger partial charge in [0.05, 0.1) is 0 Å². The van der Waals surface area contributed by atoms with Crippen LogP contribution < -0.4 is 10.5 Å². The first kappa shape index (κ1) is 11.8. The molecule has 16 heavy (non-hydrogen) atoms. The number of rotatable bonds is 4. The number of nitrogens with two attached hydrogens (primary N) is 1. The minimum atomic E-state index is 0.176. The molecule has 1 fully saturated rings. The summed E-state index contributed by atoms with van der Waals surface area (Å²) in [6.07, 6.45) is 1.24. The van der Waals surface area contributed by atoms with Crippen LogP contribution in [0.5, 0.6) is 5.75 Å². The van der Waals surface area contributed by atoms with Crippen molar-refractivity contribution in [2.45, 2.75) is 19.4 Å². The maximum atomic E-state index is 6.14. The number of benzene rings is 1. The predicted molar refractivity (Wildman–Crippen MR) is 70.1 cm³/mol. The fraction of sp³-hybridized carbons (Fsp3) is 0.538. The fourth-order valence-corrected chi connectivity index (χ4v) is 3.28. The molecule has 1 aromatic carbocycles. The van der Waals surface area contributed by atoms with Gasteiger partial charge in [0.25, 0.3) is 0 Å². The van der Waals surface area contributed by atoms with Gasteiger partial charge >= 0.3 is 0 Å². The van der Waals surface area contributed by atoms with E-state index in [4.69, 9.17) is 10.5 Å². The number of thioether (sulfide) groups is 1. The summed E-state index contributed by atoms with van der Waals surface area (Å²) in [5.41, 5.74) is 7.31. The van der Waals surface area contributed by atoms with Gasteiger partial charge in [-0.1, -0.05) is 18.2 Å². The molecule has 1 aromatic rings. The van der Waals surface area contributed by atoms with Gasteiger partial charge in [-0.05, 0) is 42.4 Å². The number of aryl methyl sites for hydroxylation is 1. The van der Waals surface area contributed by atoms with E-state index in [0.29, 0.717) is 12.5 Å². The molecule has 2 atom stereocenters. The molecule has 0 amide bonds. The van der Waals surface area contributed by atoms with Crippen LogP contribution in [-0.4, -0.2) is 24.2 Å². The fourth-order valence-electron chi connectivity index (χ4n) is 1.93. The van der Waals surface area contributed by atoms with Gasteiger partial charge in [-0.2, -0.15) is 11.8 Å². The zero-order valence-electron chi connectivity index (χ0n) is 9.69. The summed E-state index contributed by atoms with van der Waals surface area (Å²) in [6, 6.07) is 8.27. The maximum Gasteiger partial charge on any atom is 0.122 e. The number of hydrogen-bond donors (Lipinski definition) is 1. The van der Waals surface area contributed by atoms with Gasteiger partial charge in [-0.25, -0.2) is 0 Å². The Bertz CT molecular complexity index is 336. The molecule has 2 N–H and O–H groups in total. The number of hydrogen-bond acceptors (Lipinski definition) is 3. The monoisotopic (exact) mass is 237 g/mol. The molecular formula is C13H19NOS. The van der Waals surface area contributed by atoms with Crippen molar-refractivity contribution in [1.82, 2.24) is 0 Å². The molecule has 0 aromatic heterocycles. The van der Waals surface area contributed by atoms with Crippen molar-refractivity contribution in [3.8, 4) is 5.75 Å². The van der Waals surface area contributed by atoms with Gasteiger partial charge in [0.2, 0.25) is 0 Å². The van der Waals surface area contributed by atoms with Gasteiger partial charge in [0.15, 0.2) is 0 Å². The van der Waals surface area contributed by atoms with Crippen LogP contribution in [0.1, 0.15) is 12.0 Å². The Morgan fingerprint density at radius 3 is 3.00 bits per heavy atom.